The van der Waals surface area contributed by atoms with Crippen LogP contribution in [0.1, 0.15) is 32.5 Å². The summed E-state index contributed by atoms with van der Waals surface area (Å²) in [6.07, 6.45) is -0.631. The quantitative estimate of drug-likeness (QED) is 0.744. The van der Waals surface area contributed by atoms with E-state index < -0.39 is 6.10 Å². The smallest absolute Gasteiger partial charge is 0.255 e. The molecular formula is C21H19NO2S. The number of fused-ring (bicyclic) bond motifs is 1. The highest BCUT2D eigenvalue weighted by atomic mass is 32.1. The number of rotatable bonds is 2. The summed E-state index contributed by atoms with van der Waals surface area (Å²) in [6, 6.07) is 17.8. The standard InChI is InChI=1S/C21H19NO2S/c1-14-20(15-7-3-2-4-8-15)18(13-25-14)21(24)22-11-16-9-5-6-10-17(16)19(23)12-22/h2-10,13,19,23H,11-12H2,1H3/t19-/m1/s1. The molecule has 1 aliphatic heterocycles. The molecule has 1 aliphatic rings. The molecule has 1 amide bonds. The van der Waals surface area contributed by atoms with Gasteiger partial charge in [0, 0.05) is 22.4 Å². The second-order valence-electron chi connectivity index (χ2n) is 6.35. The van der Waals surface area contributed by atoms with E-state index in [0.717, 1.165) is 32.7 Å². The third-order valence-electron chi connectivity index (χ3n) is 4.72. The van der Waals surface area contributed by atoms with Crippen molar-refractivity contribution in [2.45, 2.75) is 19.6 Å². The van der Waals surface area contributed by atoms with Crippen molar-refractivity contribution in [2.75, 3.05) is 6.54 Å². The molecule has 0 unspecified atom stereocenters. The number of carbonyl (C=O) groups excluding carboxylic acids is 1. The maximum Gasteiger partial charge on any atom is 0.255 e. The monoisotopic (exact) mass is 349 g/mol. The summed E-state index contributed by atoms with van der Waals surface area (Å²) in [6.45, 7) is 2.91. The van der Waals surface area contributed by atoms with Crippen LogP contribution in [0.2, 0.25) is 0 Å². The number of thiophene rings is 1. The third kappa shape index (κ3) is 2.88. The fourth-order valence-electron chi connectivity index (χ4n) is 3.48. The first-order valence-electron chi connectivity index (χ1n) is 8.34. The Morgan fingerprint density at radius 2 is 1.84 bits per heavy atom. The highest BCUT2D eigenvalue weighted by molar-refractivity contribution is 7.10. The minimum Gasteiger partial charge on any atom is -0.387 e. The molecule has 0 bridgehead atoms. The van der Waals surface area contributed by atoms with Crippen molar-refractivity contribution in [3.8, 4) is 11.1 Å². The van der Waals surface area contributed by atoms with Crippen LogP contribution in [0, 0.1) is 6.92 Å². The second kappa shape index (κ2) is 6.47. The van der Waals surface area contributed by atoms with Gasteiger partial charge in [0.25, 0.3) is 5.91 Å². The van der Waals surface area contributed by atoms with Crippen molar-refractivity contribution in [1.29, 1.82) is 0 Å². The Bertz CT molecular complexity index is 917. The van der Waals surface area contributed by atoms with Gasteiger partial charge in [0.1, 0.15) is 0 Å². The van der Waals surface area contributed by atoms with E-state index in [-0.39, 0.29) is 5.91 Å². The van der Waals surface area contributed by atoms with E-state index in [1.165, 1.54) is 0 Å². The van der Waals surface area contributed by atoms with Gasteiger partial charge < -0.3 is 10.0 Å². The number of hydrogen-bond donors (Lipinski definition) is 1. The molecular weight excluding hydrogens is 330 g/mol. The summed E-state index contributed by atoms with van der Waals surface area (Å²) >= 11 is 1.59. The fourth-order valence-corrected chi connectivity index (χ4v) is 4.34. The number of amides is 1. The summed E-state index contributed by atoms with van der Waals surface area (Å²) in [7, 11) is 0. The van der Waals surface area contributed by atoms with Crippen LogP contribution in [0.25, 0.3) is 11.1 Å². The number of aryl methyl sites for hydroxylation is 1. The molecule has 0 fully saturated rings. The Morgan fingerprint density at radius 1 is 1.12 bits per heavy atom. The number of β-amino-alcohol motifs (C(OH)–C–C–N with tert-alkyl or cyclic N) is 1. The molecule has 3 nitrogen and oxygen atoms in total. The first-order valence-corrected chi connectivity index (χ1v) is 9.22. The van der Waals surface area contributed by atoms with Gasteiger partial charge >= 0.3 is 0 Å². The summed E-state index contributed by atoms with van der Waals surface area (Å²) in [4.78, 5) is 16.1. The molecule has 1 atom stereocenters. The summed E-state index contributed by atoms with van der Waals surface area (Å²) in [5, 5.41) is 12.4. The Labute approximate surface area is 151 Å². The second-order valence-corrected chi connectivity index (χ2v) is 7.43. The molecule has 4 rings (SSSR count). The van der Waals surface area contributed by atoms with Crippen LogP contribution in [0.15, 0.2) is 60.0 Å². The molecule has 0 radical (unpaired) electrons. The minimum absolute atomic E-state index is 0.0169. The van der Waals surface area contributed by atoms with Gasteiger partial charge in [-0.1, -0.05) is 54.6 Å². The maximum atomic E-state index is 13.2. The molecule has 0 saturated heterocycles. The summed E-state index contributed by atoms with van der Waals surface area (Å²) in [5.74, 6) is -0.0169. The van der Waals surface area contributed by atoms with E-state index in [1.54, 1.807) is 16.2 Å². The molecule has 1 N–H and O–H groups in total. The number of carbonyl (C=O) groups is 1. The van der Waals surface area contributed by atoms with Crippen molar-refractivity contribution in [3.63, 3.8) is 0 Å². The zero-order valence-electron chi connectivity index (χ0n) is 14.0. The molecule has 0 spiro atoms. The molecule has 2 heterocycles. The van der Waals surface area contributed by atoms with Gasteiger partial charge in [-0.15, -0.1) is 11.3 Å². The van der Waals surface area contributed by atoms with Crippen LogP contribution in [-0.4, -0.2) is 22.5 Å². The lowest BCUT2D eigenvalue weighted by atomic mass is 9.96. The number of hydrogen-bond acceptors (Lipinski definition) is 3. The van der Waals surface area contributed by atoms with Crippen molar-refractivity contribution in [1.82, 2.24) is 4.90 Å². The molecule has 1 aromatic heterocycles. The van der Waals surface area contributed by atoms with E-state index in [0.29, 0.717) is 13.1 Å². The van der Waals surface area contributed by atoms with Crippen LogP contribution in [0.5, 0.6) is 0 Å². The Hall–Kier alpha value is -2.43. The zero-order chi connectivity index (χ0) is 17.4. The van der Waals surface area contributed by atoms with Gasteiger partial charge in [0.15, 0.2) is 0 Å². The van der Waals surface area contributed by atoms with Crippen molar-refractivity contribution < 1.29 is 9.90 Å². The maximum absolute atomic E-state index is 13.2. The lowest BCUT2D eigenvalue weighted by Gasteiger charge is -2.32. The van der Waals surface area contributed by atoms with Crippen LogP contribution in [0.4, 0.5) is 0 Å². The van der Waals surface area contributed by atoms with E-state index in [9.17, 15) is 9.90 Å². The fraction of sp³-hybridized carbons (Fsp3) is 0.190. The number of nitrogens with zero attached hydrogens (tertiary/aromatic N) is 1. The van der Waals surface area contributed by atoms with Gasteiger partial charge in [0.2, 0.25) is 0 Å². The first-order chi connectivity index (χ1) is 12.1. The van der Waals surface area contributed by atoms with Gasteiger partial charge in [-0.25, -0.2) is 0 Å². The Kier molecular flexibility index (Phi) is 4.15. The van der Waals surface area contributed by atoms with E-state index in [4.69, 9.17) is 0 Å². The highest BCUT2D eigenvalue weighted by Crippen LogP contribution is 2.35. The zero-order valence-corrected chi connectivity index (χ0v) is 14.8. The van der Waals surface area contributed by atoms with Gasteiger partial charge in [-0.05, 0) is 23.6 Å². The largest absolute Gasteiger partial charge is 0.387 e. The highest BCUT2D eigenvalue weighted by Gasteiger charge is 2.29. The minimum atomic E-state index is -0.631. The molecule has 3 aromatic rings. The number of aliphatic hydroxyl groups is 1. The van der Waals surface area contributed by atoms with Crippen molar-refractivity contribution >= 4 is 17.2 Å². The lowest BCUT2D eigenvalue weighted by molar-refractivity contribution is 0.0551. The Balaban J connectivity index is 1.70. The molecule has 0 aliphatic carbocycles. The van der Waals surface area contributed by atoms with Crippen LogP contribution >= 0.6 is 11.3 Å². The summed E-state index contributed by atoms with van der Waals surface area (Å²) in [5.41, 5.74) is 4.73. The van der Waals surface area contributed by atoms with Crippen molar-refractivity contribution in [2.24, 2.45) is 0 Å². The third-order valence-corrected chi connectivity index (χ3v) is 5.63. The van der Waals surface area contributed by atoms with E-state index in [1.807, 2.05) is 66.9 Å². The van der Waals surface area contributed by atoms with Crippen LogP contribution in [-0.2, 0) is 6.54 Å². The van der Waals surface area contributed by atoms with Gasteiger partial charge in [-0.2, -0.15) is 0 Å². The van der Waals surface area contributed by atoms with Crippen LogP contribution < -0.4 is 0 Å². The normalized spacial score (nSPS) is 16.6. The average molecular weight is 349 g/mol. The summed E-state index contributed by atoms with van der Waals surface area (Å²) < 4.78 is 0. The topological polar surface area (TPSA) is 40.5 Å². The van der Waals surface area contributed by atoms with Gasteiger partial charge in [-0.3, -0.25) is 4.79 Å². The number of aliphatic hydroxyl groups excluding tert-OH is 1. The lowest BCUT2D eigenvalue weighted by Crippen LogP contribution is -2.38. The molecule has 4 heteroatoms. The predicted molar refractivity (Wildman–Crippen MR) is 101 cm³/mol. The van der Waals surface area contributed by atoms with E-state index in [2.05, 4.69) is 0 Å². The number of benzene rings is 2. The molecule has 2 aromatic carbocycles. The molecule has 0 saturated carbocycles. The Morgan fingerprint density at radius 3 is 2.64 bits per heavy atom. The van der Waals surface area contributed by atoms with Gasteiger partial charge in [0.05, 0.1) is 18.2 Å². The predicted octanol–water partition coefficient (Wildman–Crippen LogP) is 4.41. The van der Waals surface area contributed by atoms with E-state index >= 15 is 0 Å². The first kappa shape index (κ1) is 16.1. The molecule has 126 valence electrons. The SMILES string of the molecule is Cc1scc(C(=O)N2Cc3ccccc3[C@H](O)C2)c1-c1ccccc1. The van der Waals surface area contributed by atoms with Crippen molar-refractivity contribution in [3.05, 3.63) is 81.5 Å². The van der Waals surface area contributed by atoms with Crippen LogP contribution in [0.3, 0.4) is 0 Å². The molecule has 25 heavy (non-hydrogen) atoms. The average Bonchev–Trinajstić information content (AvgIpc) is 3.03.